The van der Waals surface area contributed by atoms with Gasteiger partial charge in [0, 0.05) is 84.9 Å². The van der Waals surface area contributed by atoms with Crippen LogP contribution in [0.25, 0.3) is 22.2 Å². The Morgan fingerprint density at radius 1 is 0.618 bits per heavy atom. The maximum Gasteiger partial charge on any atom is 0.221 e. The van der Waals surface area contributed by atoms with E-state index in [2.05, 4.69) is 45.2 Å². The van der Waals surface area contributed by atoms with E-state index in [4.69, 9.17) is 5.73 Å². The van der Waals surface area contributed by atoms with Crippen LogP contribution in [-0.2, 0) is 51.4 Å². The largest absolute Gasteiger partial charge is 0.354 e. The van der Waals surface area contributed by atoms with E-state index in [0.29, 0.717) is 19.4 Å². The topological polar surface area (TPSA) is 163 Å². The van der Waals surface area contributed by atoms with Gasteiger partial charge < -0.3 is 26.7 Å². The summed E-state index contributed by atoms with van der Waals surface area (Å²) in [5.41, 5.74) is 17.9. The van der Waals surface area contributed by atoms with Crippen molar-refractivity contribution in [3.05, 3.63) is 112 Å². The molecule has 3 amide bonds. The Bertz CT molecular complexity index is 2180. The van der Waals surface area contributed by atoms with Crippen molar-refractivity contribution in [2.24, 2.45) is 5.73 Å². The number of carbonyl (C=O) groups is 5. The number of amides is 3. The number of benzene rings is 4. The molecule has 0 radical (unpaired) electrons. The van der Waals surface area contributed by atoms with E-state index in [0.717, 1.165) is 83.4 Å². The fourth-order valence-electron chi connectivity index (χ4n) is 6.98. The SMILES string of the molecule is C.CC(=O)Cc1ccc2[nH]c3c(c2c1)CCCc1cc(NC(C)=O)ccc1-3.CC(=O)Nc1ccc(CN)cc1.CC(=O)Nc1ccc2c(c1)CCCCC2=O. The van der Waals surface area contributed by atoms with Gasteiger partial charge in [0.1, 0.15) is 5.78 Å². The number of nitrogens with two attached hydrogens (primary N) is 1. The number of hydrogen-bond acceptors (Lipinski definition) is 6. The highest BCUT2D eigenvalue weighted by Crippen LogP contribution is 2.38. The van der Waals surface area contributed by atoms with Gasteiger partial charge in [-0.2, -0.15) is 0 Å². The molecular formula is C45H53N5O5. The Labute approximate surface area is 323 Å². The number of fused-ring (bicyclic) bond motifs is 6. The molecule has 288 valence electrons. The number of nitrogens with one attached hydrogen (secondary N) is 4. The lowest BCUT2D eigenvalue weighted by Gasteiger charge is -2.09. The second-order valence-electron chi connectivity index (χ2n) is 13.9. The van der Waals surface area contributed by atoms with Crippen molar-refractivity contribution in [3.8, 4) is 11.3 Å². The van der Waals surface area contributed by atoms with Crippen LogP contribution in [0.2, 0.25) is 0 Å². The van der Waals surface area contributed by atoms with Crippen molar-refractivity contribution >= 4 is 57.3 Å². The van der Waals surface area contributed by atoms with Crippen LogP contribution >= 0.6 is 0 Å². The first-order chi connectivity index (χ1) is 25.9. The molecule has 4 aromatic carbocycles. The second-order valence-corrected chi connectivity index (χ2v) is 13.9. The summed E-state index contributed by atoms with van der Waals surface area (Å²) in [6.07, 6.45) is 7.11. The van der Waals surface area contributed by atoms with Gasteiger partial charge in [0.2, 0.25) is 17.7 Å². The minimum atomic E-state index is -0.0834. The molecule has 2 aliphatic carbocycles. The van der Waals surface area contributed by atoms with Gasteiger partial charge in [-0.15, -0.1) is 0 Å². The maximum atomic E-state index is 11.8. The third kappa shape index (κ3) is 11.6. The molecule has 7 rings (SSSR count). The summed E-state index contributed by atoms with van der Waals surface area (Å²) in [5.74, 6) is 0.210. The van der Waals surface area contributed by atoms with Crippen molar-refractivity contribution < 1.29 is 24.0 Å². The molecule has 0 fully saturated rings. The normalized spacial score (nSPS) is 12.6. The highest BCUT2D eigenvalue weighted by molar-refractivity contribution is 5.99. The number of aromatic amines is 1. The molecule has 0 aliphatic heterocycles. The van der Waals surface area contributed by atoms with Crippen molar-refractivity contribution in [2.75, 3.05) is 16.0 Å². The van der Waals surface area contributed by atoms with Gasteiger partial charge >= 0.3 is 0 Å². The molecule has 10 heteroatoms. The molecule has 0 bridgehead atoms. The van der Waals surface area contributed by atoms with Gasteiger partial charge in [-0.25, -0.2) is 0 Å². The van der Waals surface area contributed by atoms with Crippen LogP contribution in [0.5, 0.6) is 0 Å². The van der Waals surface area contributed by atoms with Crippen molar-refractivity contribution in [2.45, 2.75) is 93.0 Å². The molecule has 2 aliphatic rings. The lowest BCUT2D eigenvalue weighted by Crippen LogP contribution is -2.07. The molecule has 10 nitrogen and oxygen atoms in total. The van der Waals surface area contributed by atoms with Gasteiger partial charge in [0.15, 0.2) is 5.78 Å². The van der Waals surface area contributed by atoms with E-state index in [9.17, 15) is 24.0 Å². The smallest absolute Gasteiger partial charge is 0.221 e. The zero-order valence-corrected chi connectivity index (χ0v) is 31.5. The molecule has 0 unspecified atom stereocenters. The van der Waals surface area contributed by atoms with E-state index in [-0.39, 0.29) is 36.7 Å². The lowest BCUT2D eigenvalue weighted by molar-refractivity contribution is -0.116. The summed E-state index contributed by atoms with van der Waals surface area (Å²) in [5, 5.41) is 9.51. The number of carbonyl (C=O) groups excluding carboxylic acids is 5. The number of aromatic nitrogens is 1. The van der Waals surface area contributed by atoms with Gasteiger partial charge in [-0.1, -0.05) is 31.7 Å². The van der Waals surface area contributed by atoms with Crippen molar-refractivity contribution in [1.82, 2.24) is 4.98 Å². The van der Waals surface area contributed by atoms with E-state index < -0.39 is 0 Å². The molecule has 1 heterocycles. The van der Waals surface area contributed by atoms with Crippen LogP contribution in [0.15, 0.2) is 78.9 Å². The first-order valence-corrected chi connectivity index (χ1v) is 18.4. The highest BCUT2D eigenvalue weighted by Gasteiger charge is 2.20. The predicted molar refractivity (Wildman–Crippen MR) is 222 cm³/mol. The molecule has 0 atom stereocenters. The van der Waals surface area contributed by atoms with Crippen LogP contribution in [0.1, 0.15) is 99.0 Å². The second kappa shape index (κ2) is 19.5. The number of ketones is 2. The zero-order chi connectivity index (χ0) is 38.8. The van der Waals surface area contributed by atoms with Crippen molar-refractivity contribution in [3.63, 3.8) is 0 Å². The molecule has 0 spiro atoms. The Hall–Kier alpha value is -5.87. The van der Waals surface area contributed by atoms with Gasteiger partial charge in [0.05, 0.1) is 0 Å². The van der Waals surface area contributed by atoms with Gasteiger partial charge in [-0.3, -0.25) is 24.0 Å². The Kier molecular flexibility index (Phi) is 14.8. The number of H-pyrrole nitrogens is 1. The molecule has 6 N–H and O–H groups in total. The minimum Gasteiger partial charge on any atom is -0.354 e. The summed E-state index contributed by atoms with van der Waals surface area (Å²) in [6, 6.07) is 25.4. The number of anilines is 3. The Morgan fingerprint density at radius 2 is 1.15 bits per heavy atom. The van der Waals surface area contributed by atoms with E-state index in [1.807, 2.05) is 48.5 Å². The van der Waals surface area contributed by atoms with Crippen LogP contribution in [-0.4, -0.2) is 34.3 Å². The summed E-state index contributed by atoms with van der Waals surface area (Å²) in [7, 11) is 0. The van der Waals surface area contributed by atoms with Gasteiger partial charge in [-0.05, 0) is 128 Å². The van der Waals surface area contributed by atoms with Crippen LogP contribution in [0.3, 0.4) is 0 Å². The summed E-state index contributed by atoms with van der Waals surface area (Å²) in [6.45, 7) is 6.65. The fourth-order valence-corrected chi connectivity index (χ4v) is 6.98. The Morgan fingerprint density at radius 3 is 1.75 bits per heavy atom. The Balaban J connectivity index is 0.000000199. The first-order valence-electron chi connectivity index (χ1n) is 18.4. The molecule has 5 aromatic rings. The van der Waals surface area contributed by atoms with Crippen LogP contribution in [0.4, 0.5) is 17.1 Å². The average molecular weight is 744 g/mol. The molecule has 55 heavy (non-hydrogen) atoms. The molecular weight excluding hydrogens is 691 g/mol. The van der Waals surface area contributed by atoms with Crippen molar-refractivity contribution in [1.29, 1.82) is 0 Å². The molecule has 0 saturated carbocycles. The molecule has 0 saturated heterocycles. The van der Waals surface area contributed by atoms with E-state index >= 15 is 0 Å². The predicted octanol–water partition coefficient (Wildman–Crippen LogP) is 8.71. The van der Waals surface area contributed by atoms with Crippen LogP contribution in [0, 0.1) is 0 Å². The maximum absolute atomic E-state index is 11.8. The summed E-state index contributed by atoms with van der Waals surface area (Å²) in [4.78, 5) is 59.7. The number of hydrogen-bond donors (Lipinski definition) is 5. The standard InChI is InChI=1S/C22H22N2O2.C13H15NO2.C9H12N2O.CH4/c1-13(25)10-15-6-9-21-20(11-15)19-5-3-4-16-12-17(23-14(2)26)7-8-18(16)22(19)24-21;1-9(15)14-11-6-7-12-10(8-11)4-2-3-5-13(12)16;1-7(12)11-9-4-2-8(6-10)3-5-9;/h6-9,11-12,24H,3-5,10H2,1-2H3,(H,23,26);6-8H,2-5H2,1H3,(H,14,15);2-5H,6,10H2,1H3,(H,11,12);1H4. The first kappa shape index (κ1) is 41.9. The monoisotopic (exact) mass is 743 g/mol. The zero-order valence-electron chi connectivity index (χ0n) is 31.5. The fraction of sp³-hybridized carbons (Fsp3) is 0.311. The minimum absolute atomic E-state index is 0. The summed E-state index contributed by atoms with van der Waals surface area (Å²) >= 11 is 0. The van der Waals surface area contributed by atoms with E-state index in [1.54, 1.807) is 13.0 Å². The highest BCUT2D eigenvalue weighted by atomic mass is 16.2. The average Bonchev–Trinajstić information content (AvgIpc) is 3.23. The molecule has 1 aromatic heterocycles. The quantitative estimate of drug-likeness (QED) is 0.109. The lowest BCUT2D eigenvalue weighted by atomic mass is 10.00. The number of aryl methyl sites for hydroxylation is 3. The van der Waals surface area contributed by atoms with Crippen LogP contribution < -0.4 is 21.7 Å². The van der Waals surface area contributed by atoms with Gasteiger partial charge in [0.25, 0.3) is 0 Å². The number of rotatable bonds is 6. The third-order valence-electron chi connectivity index (χ3n) is 9.33. The summed E-state index contributed by atoms with van der Waals surface area (Å²) < 4.78 is 0. The van der Waals surface area contributed by atoms with E-state index in [1.165, 1.54) is 48.5 Å². The number of Topliss-reactive ketones (excluding diaryl/α,β-unsaturated/α-hetero) is 2. The third-order valence-corrected chi connectivity index (χ3v) is 9.33.